The molecular weight excluding hydrogens is 260 g/mol. The molecule has 2 rings (SSSR count). The SMILES string of the molecule is COc1ccc([C@@H](N)[C@@H](O)C2CCCC2)cc1[N+](=O)[O-]. The number of methoxy groups -OCH3 is 1. The van der Waals surface area contributed by atoms with Gasteiger partial charge in [-0.1, -0.05) is 18.9 Å². The third-order valence-corrected chi connectivity index (χ3v) is 4.04. The summed E-state index contributed by atoms with van der Waals surface area (Å²) in [6.45, 7) is 0. The summed E-state index contributed by atoms with van der Waals surface area (Å²) in [4.78, 5) is 10.5. The van der Waals surface area contributed by atoms with Crippen molar-refractivity contribution < 1.29 is 14.8 Å². The Hall–Kier alpha value is -1.66. The molecule has 0 aliphatic heterocycles. The Morgan fingerprint density at radius 3 is 2.65 bits per heavy atom. The Bertz CT molecular complexity index is 486. The van der Waals surface area contributed by atoms with Crippen LogP contribution in [0.1, 0.15) is 37.3 Å². The van der Waals surface area contributed by atoms with E-state index in [4.69, 9.17) is 10.5 Å². The van der Waals surface area contributed by atoms with Gasteiger partial charge in [0.25, 0.3) is 0 Å². The van der Waals surface area contributed by atoms with E-state index in [1.54, 1.807) is 6.07 Å². The average Bonchev–Trinajstić information content (AvgIpc) is 2.99. The highest BCUT2D eigenvalue weighted by atomic mass is 16.6. The second-order valence-electron chi connectivity index (χ2n) is 5.25. The molecule has 1 saturated carbocycles. The minimum Gasteiger partial charge on any atom is -0.490 e. The molecular formula is C14H20N2O4. The van der Waals surface area contributed by atoms with Crippen molar-refractivity contribution in [3.05, 3.63) is 33.9 Å². The normalized spacial score (nSPS) is 18.8. The van der Waals surface area contributed by atoms with Gasteiger partial charge in [0, 0.05) is 6.07 Å². The molecule has 6 nitrogen and oxygen atoms in total. The first-order valence-electron chi connectivity index (χ1n) is 6.80. The molecule has 2 atom stereocenters. The lowest BCUT2D eigenvalue weighted by Gasteiger charge is -2.24. The van der Waals surface area contributed by atoms with Crippen LogP contribution in [0.2, 0.25) is 0 Å². The number of nitrogens with two attached hydrogens (primary N) is 1. The molecule has 0 unspecified atom stereocenters. The summed E-state index contributed by atoms with van der Waals surface area (Å²) < 4.78 is 4.96. The Kier molecular flexibility index (Phi) is 4.57. The van der Waals surface area contributed by atoms with Crippen LogP contribution in [0.15, 0.2) is 18.2 Å². The fourth-order valence-electron chi connectivity index (χ4n) is 2.85. The van der Waals surface area contributed by atoms with E-state index in [-0.39, 0.29) is 17.4 Å². The van der Waals surface area contributed by atoms with Crippen LogP contribution in [0.3, 0.4) is 0 Å². The Balaban J connectivity index is 2.23. The zero-order valence-electron chi connectivity index (χ0n) is 11.5. The lowest BCUT2D eigenvalue weighted by Crippen LogP contribution is -2.31. The van der Waals surface area contributed by atoms with E-state index < -0.39 is 17.1 Å². The summed E-state index contributed by atoms with van der Waals surface area (Å²) in [5.74, 6) is 0.382. The predicted molar refractivity (Wildman–Crippen MR) is 74.5 cm³/mol. The fourth-order valence-corrected chi connectivity index (χ4v) is 2.85. The van der Waals surface area contributed by atoms with E-state index in [0.29, 0.717) is 5.56 Å². The minimum absolute atomic E-state index is 0.126. The summed E-state index contributed by atoms with van der Waals surface area (Å²) in [7, 11) is 1.38. The lowest BCUT2D eigenvalue weighted by atomic mass is 9.90. The van der Waals surface area contributed by atoms with Crippen molar-refractivity contribution in [2.45, 2.75) is 37.8 Å². The van der Waals surface area contributed by atoms with E-state index in [9.17, 15) is 15.2 Å². The fraction of sp³-hybridized carbons (Fsp3) is 0.571. The number of ether oxygens (including phenoxy) is 1. The van der Waals surface area contributed by atoms with Gasteiger partial charge in [-0.05, 0) is 30.4 Å². The zero-order valence-corrected chi connectivity index (χ0v) is 11.5. The first kappa shape index (κ1) is 14.7. The molecule has 6 heteroatoms. The van der Waals surface area contributed by atoms with Gasteiger partial charge in [0.2, 0.25) is 0 Å². The van der Waals surface area contributed by atoms with Crippen LogP contribution >= 0.6 is 0 Å². The highest BCUT2D eigenvalue weighted by Crippen LogP contribution is 2.35. The molecule has 1 aliphatic rings. The quantitative estimate of drug-likeness (QED) is 0.636. The second kappa shape index (κ2) is 6.19. The Morgan fingerprint density at radius 1 is 1.45 bits per heavy atom. The van der Waals surface area contributed by atoms with Gasteiger partial charge >= 0.3 is 5.69 Å². The van der Waals surface area contributed by atoms with Crippen LogP contribution in [0.4, 0.5) is 5.69 Å². The molecule has 0 heterocycles. The number of nitro groups is 1. The van der Waals surface area contributed by atoms with Crippen LogP contribution < -0.4 is 10.5 Å². The molecule has 0 amide bonds. The maximum atomic E-state index is 11.0. The van der Waals surface area contributed by atoms with Crippen molar-refractivity contribution >= 4 is 5.69 Å². The number of aliphatic hydroxyl groups excluding tert-OH is 1. The summed E-state index contributed by atoms with van der Waals surface area (Å²) >= 11 is 0. The Labute approximate surface area is 117 Å². The molecule has 20 heavy (non-hydrogen) atoms. The first-order chi connectivity index (χ1) is 9.54. The van der Waals surface area contributed by atoms with Crippen LogP contribution in [-0.2, 0) is 0 Å². The van der Waals surface area contributed by atoms with E-state index in [2.05, 4.69) is 0 Å². The molecule has 0 saturated heterocycles. The second-order valence-corrected chi connectivity index (χ2v) is 5.25. The molecule has 0 radical (unpaired) electrons. The number of rotatable bonds is 5. The summed E-state index contributed by atoms with van der Waals surface area (Å²) in [5.41, 5.74) is 6.51. The smallest absolute Gasteiger partial charge is 0.311 e. The summed E-state index contributed by atoms with van der Waals surface area (Å²) in [6, 6.07) is 3.98. The van der Waals surface area contributed by atoms with Gasteiger partial charge in [-0.2, -0.15) is 0 Å². The number of nitrogens with zero attached hydrogens (tertiary/aromatic N) is 1. The van der Waals surface area contributed by atoms with Crippen molar-refractivity contribution in [3.63, 3.8) is 0 Å². The largest absolute Gasteiger partial charge is 0.490 e. The van der Waals surface area contributed by atoms with Crippen molar-refractivity contribution in [3.8, 4) is 5.75 Å². The molecule has 1 fully saturated rings. The van der Waals surface area contributed by atoms with E-state index in [0.717, 1.165) is 25.7 Å². The predicted octanol–water partition coefficient (Wildman–Crippen LogP) is 2.15. The Morgan fingerprint density at radius 2 is 2.10 bits per heavy atom. The van der Waals surface area contributed by atoms with Gasteiger partial charge in [-0.3, -0.25) is 10.1 Å². The summed E-state index contributed by atoms with van der Waals surface area (Å²) in [5, 5.41) is 21.3. The number of nitro benzene ring substituents is 1. The van der Waals surface area contributed by atoms with E-state index in [1.807, 2.05) is 0 Å². The van der Waals surface area contributed by atoms with Gasteiger partial charge in [0.1, 0.15) is 0 Å². The van der Waals surface area contributed by atoms with Gasteiger partial charge < -0.3 is 15.6 Å². The molecule has 1 aromatic carbocycles. The van der Waals surface area contributed by atoms with Crippen molar-refractivity contribution in [2.24, 2.45) is 11.7 Å². The lowest BCUT2D eigenvalue weighted by molar-refractivity contribution is -0.385. The summed E-state index contributed by atoms with van der Waals surface area (Å²) in [6.07, 6.45) is 3.49. The van der Waals surface area contributed by atoms with E-state index >= 15 is 0 Å². The number of hydrogen-bond donors (Lipinski definition) is 2. The molecule has 0 spiro atoms. The van der Waals surface area contributed by atoms with Crippen LogP contribution in [0, 0.1) is 16.0 Å². The molecule has 110 valence electrons. The third-order valence-electron chi connectivity index (χ3n) is 4.04. The molecule has 0 bridgehead atoms. The minimum atomic E-state index is -0.662. The van der Waals surface area contributed by atoms with Crippen molar-refractivity contribution in [2.75, 3.05) is 7.11 Å². The maximum absolute atomic E-state index is 11.0. The van der Waals surface area contributed by atoms with Crippen LogP contribution in [0.5, 0.6) is 5.75 Å². The molecule has 1 aliphatic carbocycles. The van der Waals surface area contributed by atoms with Crippen LogP contribution in [0.25, 0.3) is 0 Å². The molecule has 3 N–H and O–H groups in total. The van der Waals surface area contributed by atoms with Crippen molar-refractivity contribution in [1.82, 2.24) is 0 Å². The maximum Gasteiger partial charge on any atom is 0.311 e. The van der Waals surface area contributed by atoms with Gasteiger partial charge in [-0.15, -0.1) is 0 Å². The zero-order chi connectivity index (χ0) is 14.7. The number of benzene rings is 1. The molecule has 0 aromatic heterocycles. The van der Waals surface area contributed by atoms with E-state index in [1.165, 1.54) is 19.2 Å². The monoisotopic (exact) mass is 280 g/mol. The van der Waals surface area contributed by atoms with Gasteiger partial charge in [0.05, 0.1) is 24.2 Å². The van der Waals surface area contributed by atoms with Crippen LogP contribution in [-0.4, -0.2) is 23.2 Å². The number of hydrogen-bond acceptors (Lipinski definition) is 5. The molecule has 1 aromatic rings. The van der Waals surface area contributed by atoms with Crippen molar-refractivity contribution in [1.29, 1.82) is 0 Å². The third kappa shape index (κ3) is 2.91. The topological polar surface area (TPSA) is 98.6 Å². The average molecular weight is 280 g/mol. The highest BCUT2D eigenvalue weighted by Gasteiger charge is 2.30. The standard InChI is InChI=1S/C14H20N2O4/c1-20-12-7-6-10(8-11(12)16(18)19)13(15)14(17)9-4-2-3-5-9/h6-9,13-14,17H,2-5,15H2,1H3/t13-,14+/m1/s1. The van der Waals surface area contributed by atoms with Gasteiger partial charge in [-0.25, -0.2) is 0 Å². The highest BCUT2D eigenvalue weighted by molar-refractivity contribution is 5.49. The number of aliphatic hydroxyl groups is 1. The first-order valence-corrected chi connectivity index (χ1v) is 6.80. The van der Waals surface area contributed by atoms with Gasteiger partial charge in [0.15, 0.2) is 5.75 Å².